The molecule has 3 heterocycles. The first-order valence-electron chi connectivity index (χ1n) is 8.36. The molecule has 0 unspecified atom stereocenters. The van der Waals surface area contributed by atoms with E-state index in [0.29, 0.717) is 16.8 Å². The first-order chi connectivity index (χ1) is 13.0. The van der Waals surface area contributed by atoms with Gasteiger partial charge >= 0.3 is 0 Å². The van der Waals surface area contributed by atoms with Crippen molar-refractivity contribution in [2.24, 2.45) is 0 Å². The predicted octanol–water partition coefficient (Wildman–Crippen LogP) is 2.90. The van der Waals surface area contributed by atoms with Crippen molar-refractivity contribution in [2.45, 2.75) is 19.9 Å². The van der Waals surface area contributed by atoms with Gasteiger partial charge in [0.05, 0.1) is 0 Å². The number of carbonyl (C=O) groups is 1. The maximum Gasteiger partial charge on any atom is 0.279 e. The molecule has 0 bridgehead atoms. The lowest BCUT2D eigenvalue weighted by Gasteiger charge is -2.05. The van der Waals surface area contributed by atoms with Crippen molar-refractivity contribution >= 4 is 28.6 Å². The largest absolute Gasteiger partial charge is 0.383 e. The van der Waals surface area contributed by atoms with Gasteiger partial charge in [-0.2, -0.15) is 5.10 Å². The number of nitrogens with zero attached hydrogens (tertiary/aromatic N) is 5. The molecule has 0 aliphatic carbocycles. The minimum Gasteiger partial charge on any atom is -0.383 e. The highest BCUT2D eigenvalue weighted by Crippen LogP contribution is 2.28. The summed E-state index contributed by atoms with van der Waals surface area (Å²) in [5, 5.41) is 11.5. The fourth-order valence-corrected chi connectivity index (χ4v) is 2.74. The highest BCUT2D eigenvalue weighted by Gasteiger charge is 2.21. The number of benzene rings is 1. The molecule has 1 amide bonds. The Labute approximate surface area is 154 Å². The molecule has 9 heteroatoms. The Morgan fingerprint density at radius 2 is 2.00 bits per heavy atom. The molecule has 0 aliphatic heterocycles. The van der Waals surface area contributed by atoms with E-state index in [4.69, 9.17) is 10.3 Å². The first kappa shape index (κ1) is 16.7. The van der Waals surface area contributed by atoms with Crippen LogP contribution in [0, 0.1) is 0 Å². The molecule has 1 aromatic carbocycles. The lowest BCUT2D eigenvalue weighted by Crippen LogP contribution is -2.13. The monoisotopic (exact) mass is 363 g/mol. The van der Waals surface area contributed by atoms with Crippen LogP contribution in [0.15, 0.2) is 47.2 Å². The van der Waals surface area contributed by atoms with Crippen molar-refractivity contribution in [2.75, 3.05) is 11.1 Å². The predicted molar refractivity (Wildman–Crippen MR) is 100 cm³/mol. The third kappa shape index (κ3) is 2.99. The van der Waals surface area contributed by atoms with E-state index in [1.807, 2.05) is 44.2 Å². The second kappa shape index (κ2) is 6.52. The van der Waals surface area contributed by atoms with Crippen LogP contribution in [0.1, 0.15) is 30.4 Å². The number of amides is 1. The number of aromatic nitrogens is 5. The van der Waals surface area contributed by atoms with Crippen LogP contribution in [0.3, 0.4) is 0 Å². The minimum atomic E-state index is -0.459. The van der Waals surface area contributed by atoms with Crippen LogP contribution in [0.5, 0.6) is 0 Å². The van der Waals surface area contributed by atoms with Crippen LogP contribution in [0.25, 0.3) is 22.4 Å². The third-order valence-electron chi connectivity index (χ3n) is 4.04. The van der Waals surface area contributed by atoms with Crippen molar-refractivity contribution in [1.29, 1.82) is 0 Å². The lowest BCUT2D eigenvalue weighted by molar-refractivity contribution is 0.101. The normalized spacial score (nSPS) is 11.2. The molecule has 136 valence electrons. The number of hydrogen-bond donors (Lipinski definition) is 2. The number of rotatable bonds is 4. The van der Waals surface area contributed by atoms with E-state index in [0.717, 1.165) is 5.56 Å². The topological polar surface area (TPSA) is 125 Å². The minimum absolute atomic E-state index is 0.0317. The van der Waals surface area contributed by atoms with Gasteiger partial charge in [0.25, 0.3) is 5.91 Å². The summed E-state index contributed by atoms with van der Waals surface area (Å²) in [6, 6.07) is 11.0. The van der Waals surface area contributed by atoms with Gasteiger partial charge in [0.15, 0.2) is 22.9 Å². The molecule has 3 aromatic heterocycles. The van der Waals surface area contributed by atoms with E-state index >= 15 is 0 Å². The van der Waals surface area contributed by atoms with Crippen molar-refractivity contribution in [3.05, 3.63) is 48.4 Å². The Balaban J connectivity index is 1.67. The number of fused-ring (bicyclic) bond motifs is 1. The van der Waals surface area contributed by atoms with Crippen LogP contribution in [0.2, 0.25) is 0 Å². The summed E-state index contributed by atoms with van der Waals surface area (Å²) in [6.07, 6.45) is 1.37. The van der Waals surface area contributed by atoms with Gasteiger partial charge in [-0.05, 0) is 13.8 Å². The molecule has 0 aliphatic rings. The van der Waals surface area contributed by atoms with E-state index in [2.05, 4.69) is 25.5 Å². The second-order valence-corrected chi connectivity index (χ2v) is 6.24. The molecule has 27 heavy (non-hydrogen) atoms. The van der Waals surface area contributed by atoms with E-state index in [9.17, 15) is 4.79 Å². The average molecular weight is 363 g/mol. The van der Waals surface area contributed by atoms with E-state index in [1.165, 1.54) is 6.33 Å². The van der Waals surface area contributed by atoms with Gasteiger partial charge < -0.3 is 15.6 Å². The zero-order valence-corrected chi connectivity index (χ0v) is 14.7. The van der Waals surface area contributed by atoms with Crippen LogP contribution in [0.4, 0.5) is 11.6 Å². The maximum atomic E-state index is 12.6. The Hall–Kier alpha value is -3.75. The highest BCUT2D eigenvalue weighted by molar-refractivity contribution is 6.08. The fourth-order valence-electron chi connectivity index (χ4n) is 2.74. The fraction of sp³-hybridized carbons (Fsp3) is 0.167. The van der Waals surface area contributed by atoms with Crippen LogP contribution < -0.4 is 11.1 Å². The molecule has 3 N–H and O–H groups in total. The summed E-state index contributed by atoms with van der Waals surface area (Å²) in [6.45, 7) is 3.92. The van der Waals surface area contributed by atoms with Gasteiger partial charge in [-0.1, -0.05) is 35.5 Å². The smallest absolute Gasteiger partial charge is 0.279 e. The maximum absolute atomic E-state index is 12.6. The quantitative estimate of drug-likeness (QED) is 0.571. The molecule has 0 radical (unpaired) electrons. The first-order valence-corrected chi connectivity index (χ1v) is 8.36. The summed E-state index contributed by atoms with van der Waals surface area (Å²) >= 11 is 0. The average Bonchev–Trinajstić information content (AvgIpc) is 3.29. The molecule has 4 rings (SSSR count). The van der Waals surface area contributed by atoms with Crippen LogP contribution in [-0.4, -0.2) is 30.8 Å². The number of carbonyl (C=O) groups excluding carboxylic acids is 1. The molecule has 0 fully saturated rings. The number of anilines is 2. The summed E-state index contributed by atoms with van der Waals surface area (Å²) in [7, 11) is 0. The van der Waals surface area contributed by atoms with Gasteiger partial charge in [-0.15, -0.1) is 0 Å². The molecule has 0 atom stereocenters. The van der Waals surface area contributed by atoms with Crippen molar-refractivity contribution in [1.82, 2.24) is 24.9 Å². The van der Waals surface area contributed by atoms with Crippen molar-refractivity contribution in [3.63, 3.8) is 0 Å². The van der Waals surface area contributed by atoms with E-state index in [-0.39, 0.29) is 23.4 Å². The Kier molecular flexibility index (Phi) is 4.03. The SMILES string of the molecule is CC(C)n1nc(NC(=O)c2cc(-c3ccccc3)on2)c2c(N)ncnc21. The molecular formula is C18H17N7O2. The number of nitrogens with one attached hydrogen (secondary N) is 1. The number of nitrogens with two attached hydrogens (primary N) is 1. The molecule has 4 aromatic rings. The summed E-state index contributed by atoms with van der Waals surface area (Å²) in [4.78, 5) is 20.9. The Bertz CT molecular complexity index is 1120. The number of hydrogen-bond acceptors (Lipinski definition) is 7. The zero-order chi connectivity index (χ0) is 19.0. The molecule has 0 saturated heterocycles. The van der Waals surface area contributed by atoms with E-state index in [1.54, 1.807) is 10.7 Å². The second-order valence-electron chi connectivity index (χ2n) is 6.24. The summed E-state index contributed by atoms with van der Waals surface area (Å²) in [5.74, 6) is 0.569. The van der Waals surface area contributed by atoms with E-state index < -0.39 is 5.91 Å². The van der Waals surface area contributed by atoms with Gasteiger partial charge in [0.1, 0.15) is 17.5 Å². The number of nitrogen functional groups attached to an aromatic ring is 1. The van der Waals surface area contributed by atoms with Crippen molar-refractivity contribution < 1.29 is 9.32 Å². The highest BCUT2D eigenvalue weighted by atomic mass is 16.5. The zero-order valence-electron chi connectivity index (χ0n) is 14.7. The van der Waals surface area contributed by atoms with Gasteiger partial charge in [0.2, 0.25) is 0 Å². The molecule has 0 saturated carbocycles. The summed E-state index contributed by atoms with van der Waals surface area (Å²) in [5.41, 5.74) is 7.49. The molecule has 9 nitrogen and oxygen atoms in total. The molecule has 0 spiro atoms. The lowest BCUT2D eigenvalue weighted by atomic mass is 10.1. The summed E-state index contributed by atoms with van der Waals surface area (Å²) < 4.78 is 6.96. The standard InChI is InChI=1S/C18H17N7O2/c1-10(2)25-17-14(15(19)20-9-21-17)16(23-25)22-18(26)12-8-13(27-24-12)11-6-4-3-5-7-11/h3-10H,1-2H3,(H2,19,20,21)(H,22,23,26). The van der Waals surface area contributed by atoms with Gasteiger partial charge in [0, 0.05) is 17.7 Å². The van der Waals surface area contributed by atoms with Gasteiger partial charge in [-0.3, -0.25) is 4.79 Å². The van der Waals surface area contributed by atoms with Crippen molar-refractivity contribution in [3.8, 4) is 11.3 Å². The van der Waals surface area contributed by atoms with Crippen LogP contribution >= 0.6 is 0 Å². The van der Waals surface area contributed by atoms with Crippen LogP contribution in [-0.2, 0) is 0 Å². The Morgan fingerprint density at radius 1 is 1.22 bits per heavy atom. The molecular weight excluding hydrogens is 346 g/mol. The van der Waals surface area contributed by atoms with Gasteiger partial charge in [-0.25, -0.2) is 14.6 Å². The third-order valence-corrected chi connectivity index (χ3v) is 4.04. The Morgan fingerprint density at radius 3 is 2.74 bits per heavy atom.